The molecule has 1 unspecified atom stereocenters. The Kier molecular flexibility index (Phi) is 6.74. The minimum absolute atomic E-state index is 0.0464. The summed E-state index contributed by atoms with van der Waals surface area (Å²) in [6.07, 6.45) is 2.04. The van der Waals surface area contributed by atoms with E-state index in [1.165, 1.54) is 6.92 Å². The van der Waals surface area contributed by atoms with Gasteiger partial charge in [0.15, 0.2) is 0 Å². The first kappa shape index (κ1) is 12.9. The molecule has 5 nitrogen and oxygen atoms in total. The zero-order valence-electron chi connectivity index (χ0n) is 8.36. The molecule has 0 bridgehead atoms. The zero-order valence-corrected chi connectivity index (χ0v) is 8.36. The number of carbonyl (C=O) groups excluding carboxylic acids is 1. The summed E-state index contributed by atoms with van der Waals surface area (Å²) in [6.45, 7) is 1.77. The Labute approximate surface area is 83.2 Å². The fourth-order valence-electron chi connectivity index (χ4n) is 1.03. The largest absolute Gasteiger partial charge is 0.481 e. The minimum Gasteiger partial charge on any atom is -0.481 e. The summed E-state index contributed by atoms with van der Waals surface area (Å²) < 4.78 is 4.64. The predicted molar refractivity (Wildman–Crippen MR) is 50.7 cm³/mol. The molecule has 0 amide bonds. The van der Waals surface area contributed by atoms with Crippen LogP contribution in [0, 0.1) is 5.92 Å². The van der Waals surface area contributed by atoms with Gasteiger partial charge in [-0.2, -0.15) is 0 Å². The van der Waals surface area contributed by atoms with Crippen LogP contribution in [0.15, 0.2) is 0 Å². The van der Waals surface area contributed by atoms with Crippen molar-refractivity contribution in [1.29, 1.82) is 0 Å². The van der Waals surface area contributed by atoms with Crippen LogP contribution in [0.3, 0.4) is 0 Å². The lowest BCUT2D eigenvalue weighted by Crippen LogP contribution is -2.21. The molecular weight excluding hydrogens is 186 g/mol. The molecule has 0 rings (SSSR count). The van der Waals surface area contributed by atoms with Gasteiger partial charge >= 0.3 is 11.9 Å². The third kappa shape index (κ3) is 6.42. The normalized spacial score (nSPS) is 12.1. The number of carboxylic acids is 1. The Hall–Kier alpha value is -1.10. The van der Waals surface area contributed by atoms with Crippen molar-refractivity contribution in [3.63, 3.8) is 0 Å². The third-order valence-corrected chi connectivity index (χ3v) is 1.84. The lowest BCUT2D eigenvalue weighted by Gasteiger charge is -2.11. The molecule has 0 aromatic rings. The average Bonchev–Trinajstić information content (AvgIpc) is 2.10. The molecule has 82 valence electrons. The molecule has 0 aliphatic rings. The van der Waals surface area contributed by atoms with Crippen molar-refractivity contribution in [2.24, 2.45) is 11.7 Å². The highest BCUT2D eigenvalue weighted by Gasteiger charge is 2.18. The second-order valence-electron chi connectivity index (χ2n) is 3.12. The fourth-order valence-corrected chi connectivity index (χ4v) is 1.03. The molecule has 0 fully saturated rings. The van der Waals surface area contributed by atoms with Gasteiger partial charge in [0.05, 0.1) is 5.92 Å². The summed E-state index contributed by atoms with van der Waals surface area (Å²) in [5, 5.41) is 8.76. The molecule has 0 spiro atoms. The first-order valence-electron chi connectivity index (χ1n) is 4.64. The van der Waals surface area contributed by atoms with Crippen LogP contribution in [0.1, 0.15) is 26.2 Å². The molecule has 0 heterocycles. The van der Waals surface area contributed by atoms with Crippen molar-refractivity contribution in [3.8, 4) is 0 Å². The predicted octanol–water partition coefficient (Wildman–Crippen LogP) is 0.379. The van der Waals surface area contributed by atoms with Crippen molar-refractivity contribution < 1.29 is 19.4 Å². The van der Waals surface area contributed by atoms with Crippen molar-refractivity contribution in [1.82, 2.24) is 0 Å². The number of aliphatic carboxylic acids is 1. The molecule has 14 heavy (non-hydrogen) atoms. The van der Waals surface area contributed by atoms with Gasteiger partial charge in [-0.1, -0.05) is 6.42 Å². The van der Waals surface area contributed by atoms with E-state index in [1.807, 2.05) is 0 Å². The molecule has 0 saturated heterocycles. The van der Waals surface area contributed by atoms with E-state index in [0.29, 0.717) is 13.0 Å². The Morgan fingerprint density at radius 3 is 2.50 bits per heavy atom. The highest BCUT2D eigenvalue weighted by Crippen LogP contribution is 2.09. The summed E-state index contributed by atoms with van der Waals surface area (Å²) in [5.41, 5.74) is 5.28. The summed E-state index contributed by atoms with van der Waals surface area (Å²) in [6, 6.07) is 0. The smallest absolute Gasteiger partial charge is 0.309 e. The first-order valence-corrected chi connectivity index (χ1v) is 4.64. The van der Waals surface area contributed by atoms with Gasteiger partial charge in [0.2, 0.25) is 0 Å². The second kappa shape index (κ2) is 7.32. The van der Waals surface area contributed by atoms with Gasteiger partial charge in [-0.3, -0.25) is 9.59 Å². The highest BCUT2D eigenvalue weighted by atomic mass is 16.5. The Morgan fingerprint density at radius 1 is 1.43 bits per heavy atom. The number of unbranched alkanes of at least 4 members (excludes halogenated alkanes) is 1. The van der Waals surface area contributed by atoms with E-state index in [4.69, 9.17) is 10.8 Å². The number of esters is 1. The summed E-state index contributed by atoms with van der Waals surface area (Å²) in [5.74, 6) is -1.98. The van der Waals surface area contributed by atoms with Crippen LogP contribution in [-0.2, 0) is 14.3 Å². The maximum Gasteiger partial charge on any atom is 0.309 e. The lowest BCUT2D eigenvalue weighted by molar-refractivity contribution is -0.149. The topological polar surface area (TPSA) is 89.6 Å². The van der Waals surface area contributed by atoms with Gasteiger partial charge < -0.3 is 15.6 Å². The molecule has 0 saturated carbocycles. The third-order valence-electron chi connectivity index (χ3n) is 1.84. The van der Waals surface area contributed by atoms with E-state index in [1.54, 1.807) is 0 Å². The van der Waals surface area contributed by atoms with Crippen molar-refractivity contribution in [2.75, 3.05) is 13.2 Å². The van der Waals surface area contributed by atoms with Crippen LogP contribution in [0.2, 0.25) is 0 Å². The maximum absolute atomic E-state index is 10.7. The van der Waals surface area contributed by atoms with E-state index in [-0.39, 0.29) is 6.61 Å². The molecule has 0 aromatic heterocycles. The molecule has 1 atom stereocenters. The number of rotatable bonds is 7. The Balaban J connectivity index is 3.78. The van der Waals surface area contributed by atoms with Crippen molar-refractivity contribution in [3.05, 3.63) is 0 Å². The van der Waals surface area contributed by atoms with Crippen LogP contribution >= 0.6 is 0 Å². The molecule has 0 radical (unpaired) electrons. The van der Waals surface area contributed by atoms with Crippen LogP contribution < -0.4 is 5.73 Å². The summed E-state index contributed by atoms with van der Waals surface area (Å²) >= 11 is 0. The van der Waals surface area contributed by atoms with Crippen LogP contribution in [0.5, 0.6) is 0 Å². The molecule has 0 aliphatic carbocycles. The lowest BCUT2D eigenvalue weighted by atomic mass is 10.0. The quantitative estimate of drug-likeness (QED) is 0.461. The van der Waals surface area contributed by atoms with Gasteiger partial charge in [-0.15, -0.1) is 0 Å². The van der Waals surface area contributed by atoms with Crippen LogP contribution in [0.4, 0.5) is 0 Å². The molecule has 3 N–H and O–H groups in total. The van der Waals surface area contributed by atoms with E-state index < -0.39 is 17.9 Å². The van der Waals surface area contributed by atoms with Crippen LogP contribution in [-0.4, -0.2) is 30.2 Å². The van der Waals surface area contributed by atoms with Gasteiger partial charge in [0.1, 0.15) is 6.61 Å². The molecule has 0 aliphatic heterocycles. The van der Waals surface area contributed by atoms with Gasteiger partial charge in [-0.05, 0) is 19.4 Å². The number of hydrogen-bond donors (Lipinski definition) is 2. The second-order valence-corrected chi connectivity index (χ2v) is 3.12. The average molecular weight is 203 g/mol. The van der Waals surface area contributed by atoms with Crippen molar-refractivity contribution >= 4 is 11.9 Å². The minimum atomic E-state index is -0.928. The summed E-state index contributed by atoms with van der Waals surface area (Å²) in [7, 11) is 0. The first-order chi connectivity index (χ1) is 6.57. The Bertz CT molecular complexity index is 193. The van der Waals surface area contributed by atoms with Gasteiger partial charge in [-0.25, -0.2) is 0 Å². The number of ether oxygens (including phenoxy) is 1. The fraction of sp³-hybridized carbons (Fsp3) is 0.778. The molecule has 0 aromatic carbocycles. The Morgan fingerprint density at radius 2 is 2.07 bits per heavy atom. The van der Waals surface area contributed by atoms with E-state index in [9.17, 15) is 9.59 Å². The van der Waals surface area contributed by atoms with E-state index in [0.717, 1.165) is 12.8 Å². The number of carbonyl (C=O) groups is 2. The highest BCUT2D eigenvalue weighted by molar-refractivity contribution is 5.71. The molecule has 5 heteroatoms. The van der Waals surface area contributed by atoms with Crippen LogP contribution in [0.25, 0.3) is 0 Å². The standard InChI is InChI=1S/C9H17NO4/c1-7(11)14-6-8(9(12)13)4-2-3-5-10/h8H,2-6,10H2,1H3,(H,12,13). The van der Waals surface area contributed by atoms with Gasteiger partial charge in [0.25, 0.3) is 0 Å². The monoisotopic (exact) mass is 203 g/mol. The number of carboxylic acid groups (broad SMARTS) is 1. The van der Waals surface area contributed by atoms with Crippen molar-refractivity contribution in [2.45, 2.75) is 26.2 Å². The summed E-state index contributed by atoms with van der Waals surface area (Å²) in [4.78, 5) is 21.1. The number of hydrogen-bond acceptors (Lipinski definition) is 4. The van der Waals surface area contributed by atoms with Gasteiger partial charge in [0, 0.05) is 6.92 Å². The zero-order chi connectivity index (χ0) is 11.0. The SMILES string of the molecule is CC(=O)OCC(CCCCN)C(=O)O. The maximum atomic E-state index is 10.7. The molecular formula is C9H17NO4. The van der Waals surface area contributed by atoms with E-state index in [2.05, 4.69) is 4.74 Å². The number of nitrogens with two attached hydrogens (primary N) is 1. The van der Waals surface area contributed by atoms with E-state index >= 15 is 0 Å².